The fourth-order valence-corrected chi connectivity index (χ4v) is 5.41. The van der Waals surface area contributed by atoms with Gasteiger partial charge in [-0.3, -0.25) is 4.79 Å². The van der Waals surface area contributed by atoms with Crippen molar-refractivity contribution in [3.8, 4) is 28.1 Å². The minimum atomic E-state index is -0.987. The molecule has 0 spiro atoms. The molecule has 2 heterocycles. The molecule has 0 fully saturated rings. The third-order valence-electron chi connectivity index (χ3n) is 6.18. The quantitative estimate of drug-likeness (QED) is 0.262. The second-order valence-corrected chi connectivity index (χ2v) is 9.92. The molecule has 0 bridgehead atoms. The highest BCUT2D eigenvalue weighted by atomic mass is 32.1. The maximum Gasteiger partial charge on any atom is 0.345 e. The highest BCUT2D eigenvalue weighted by Crippen LogP contribution is 2.47. The molecule has 0 atom stereocenters. The molecule has 0 aliphatic rings. The molecular weight excluding hydrogens is 484 g/mol. The van der Waals surface area contributed by atoms with E-state index in [1.807, 2.05) is 89.5 Å². The number of nitrogens with zero attached hydrogens (tertiary/aromatic N) is 2. The number of rotatable bonds is 8. The molecule has 1 amide bonds. The summed E-state index contributed by atoms with van der Waals surface area (Å²) >= 11 is 1.22. The zero-order valence-corrected chi connectivity index (χ0v) is 21.4. The maximum absolute atomic E-state index is 13.0. The summed E-state index contributed by atoms with van der Waals surface area (Å²) in [6.45, 7) is 0.460. The number of likely N-dealkylation sites (N-methyl/N-ethyl adjacent to an activating group) is 1. The highest BCUT2D eigenvalue weighted by molar-refractivity contribution is 7.21. The third kappa shape index (κ3) is 4.86. The number of carboxylic acid groups (broad SMARTS) is 1. The van der Waals surface area contributed by atoms with Gasteiger partial charge in [0.1, 0.15) is 23.8 Å². The summed E-state index contributed by atoms with van der Waals surface area (Å²) < 4.78 is 9.06. The van der Waals surface area contributed by atoms with Gasteiger partial charge < -0.3 is 19.3 Å². The number of amides is 1. The van der Waals surface area contributed by atoms with Gasteiger partial charge in [-0.1, -0.05) is 72.8 Å². The Labute approximate surface area is 219 Å². The van der Waals surface area contributed by atoms with Crippen molar-refractivity contribution in [3.05, 3.63) is 101 Å². The number of carboxylic acids is 1. The average molecular weight is 511 g/mol. The van der Waals surface area contributed by atoms with E-state index in [9.17, 15) is 14.7 Å². The van der Waals surface area contributed by atoms with E-state index in [1.165, 1.54) is 11.3 Å². The fourth-order valence-electron chi connectivity index (χ4n) is 4.35. The number of carbonyl (C=O) groups excluding carboxylic acids is 1. The van der Waals surface area contributed by atoms with E-state index in [2.05, 4.69) is 0 Å². The Bertz CT molecular complexity index is 1570. The monoisotopic (exact) mass is 510 g/mol. The summed E-state index contributed by atoms with van der Waals surface area (Å²) in [6.07, 6.45) is 0. The van der Waals surface area contributed by atoms with E-state index in [0.717, 1.165) is 32.6 Å². The molecule has 0 aliphatic carbocycles. The number of fused-ring (bicyclic) bond motifs is 1. The summed E-state index contributed by atoms with van der Waals surface area (Å²) in [5.74, 6) is -0.395. The zero-order valence-electron chi connectivity index (χ0n) is 20.5. The normalized spacial score (nSPS) is 11.0. The van der Waals surface area contributed by atoms with Crippen molar-refractivity contribution in [2.75, 3.05) is 14.1 Å². The fraction of sp³-hybridized carbons (Fsp3) is 0.133. The van der Waals surface area contributed by atoms with Crippen LogP contribution in [-0.2, 0) is 17.9 Å². The lowest BCUT2D eigenvalue weighted by molar-refractivity contribution is -0.129. The summed E-state index contributed by atoms with van der Waals surface area (Å²) in [4.78, 5) is 26.6. The molecule has 5 aromatic rings. The Hall–Kier alpha value is -4.36. The molecular formula is C30H26N2O4S. The first-order chi connectivity index (χ1) is 17.9. The number of ether oxygens (including phenoxy) is 1. The number of carbonyl (C=O) groups is 2. The lowest BCUT2D eigenvalue weighted by Crippen LogP contribution is -2.26. The van der Waals surface area contributed by atoms with Crippen molar-refractivity contribution in [1.82, 2.24) is 9.47 Å². The minimum Gasteiger partial charge on any atom is -0.488 e. The van der Waals surface area contributed by atoms with Crippen molar-refractivity contribution < 1.29 is 19.4 Å². The topological polar surface area (TPSA) is 71.8 Å². The first-order valence-electron chi connectivity index (χ1n) is 11.8. The minimum absolute atomic E-state index is 0.0640. The third-order valence-corrected chi connectivity index (χ3v) is 7.31. The van der Waals surface area contributed by atoms with Crippen molar-refractivity contribution in [2.45, 2.75) is 13.2 Å². The Kier molecular flexibility index (Phi) is 6.79. The van der Waals surface area contributed by atoms with E-state index in [1.54, 1.807) is 25.1 Å². The van der Waals surface area contributed by atoms with Crippen LogP contribution in [0.4, 0.5) is 0 Å². The Morgan fingerprint density at radius 3 is 2.24 bits per heavy atom. The van der Waals surface area contributed by atoms with Crippen LogP contribution in [0.1, 0.15) is 15.2 Å². The van der Waals surface area contributed by atoms with E-state index in [4.69, 9.17) is 4.74 Å². The van der Waals surface area contributed by atoms with E-state index in [-0.39, 0.29) is 17.3 Å². The number of aromatic nitrogens is 1. The molecule has 5 rings (SSSR count). The molecule has 0 saturated carbocycles. The van der Waals surface area contributed by atoms with Gasteiger partial charge in [0.05, 0.1) is 15.9 Å². The molecule has 7 heteroatoms. The van der Waals surface area contributed by atoms with Crippen LogP contribution in [0.25, 0.3) is 32.6 Å². The second-order valence-electron chi connectivity index (χ2n) is 8.86. The van der Waals surface area contributed by atoms with Crippen molar-refractivity contribution in [2.24, 2.45) is 0 Å². The van der Waals surface area contributed by atoms with Gasteiger partial charge in [-0.25, -0.2) is 4.79 Å². The number of hydrogen-bond acceptors (Lipinski definition) is 4. The largest absolute Gasteiger partial charge is 0.488 e. The number of hydrogen-bond donors (Lipinski definition) is 1. The van der Waals surface area contributed by atoms with Crippen LogP contribution in [0.3, 0.4) is 0 Å². The number of thiophene rings is 1. The lowest BCUT2D eigenvalue weighted by Gasteiger charge is -2.18. The Morgan fingerprint density at radius 2 is 1.57 bits per heavy atom. The first kappa shape index (κ1) is 24.3. The smallest absolute Gasteiger partial charge is 0.345 e. The van der Waals surface area contributed by atoms with E-state index >= 15 is 0 Å². The van der Waals surface area contributed by atoms with Gasteiger partial charge >= 0.3 is 5.97 Å². The molecule has 1 N–H and O–H groups in total. The van der Waals surface area contributed by atoms with Crippen LogP contribution in [-0.4, -0.2) is 40.5 Å². The van der Waals surface area contributed by atoms with Gasteiger partial charge in [-0.2, -0.15) is 0 Å². The van der Waals surface area contributed by atoms with Crippen LogP contribution < -0.4 is 4.74 Å². The standard InChI is InChI=1S/C30H26N2O4S/c1-31(2)26(33)18-32-23-17-25(30(34)35)37-29(23)27(21-13-7-4-8-14-21)28(32)22-15-9-10-16-24(22)36-19-20-11-5-3-6-12-20/h3-17H,18-19H2,1-2H3,(H,34,35). The van der Waals surface area contributed by atoms with Crippen LogP contribution in [0.15, 0.2) is 91.0 Å². The highest BCUT2D eigenvalue weighted by Gasteiger charge is 2.27. The van der Waals surface area contributed by atoms with Crippen LogP contribution in [0.2, 0.25) is 0 Å². The molecule has 0 saturated heterocycles. The van der Waals surface area contributed by atoms with Gasteiger partial charge in [-0.15, -0.1) is 11.3 Å². The molecule has 186 valence electrons. The summed E-state index contributed by atoms with van der Waals surface area (Å²) in [7, 11) is 3.43. The number of aromatic carboxylic acids is 1. The average Bonchev–Trinajstić information content (AvgIpc) is 3.47. The zero-order chi connectivity index (χ0) is 25.9. The van der Waals surface area contributed by atoms with Crippen LogP contribution in [0, 0.1) is 0 Å². The van der Waals surface area contributed by atoms with Crippen molar-refractivity contribution in [1.29, 1.82) is 0 Å². The molecule has 0 unspecified atom stereocenters. The Morgan fingerprint density at radius 1 is 0.919 bits per heavy atom. The summed E-state index contributed by atoms with van der Waals surface area (Å²) in [6, 6.07) is 29.3. The van der Waals surface area contributed by atoms with Crippen molar-refractivity contribution >= 4 is 33.4 Å². The number of para-hydroxylation sites is 1. The van der Waals surface area contributed by atoms with E-state index < -0.39 is 5.97 Å². The molecule has 0 radical (unpaired) electrons. The maximum atomic E-state index is 13.0. The summed E-state index contributed by atoms with van der Waals surface area (Å²) in [5, 5.41) is 9.74. The lowest BCUT2D eigenvalue weighted by atomic mass is 10.0. The SMILES string of the molecule is CN(C)C(=O)Cn1c(-c2ccccc2OCc2ccccc2)c(-c2ccccc2)c2sc(C(=O)O)cc21. The van der Waals surface area contributed by atoms with Crippen molar-refractivity contribution in [3.63, 3.8) is 0 Å². The predicted molar refractivity (Wildman–Crippen MR) is 147 cm³/mol. The second kappa shape index (κ2) is 10.3. The molecule has 37 heavy (non-hydrogen) atoms. The van der Waals surface area contributed by atoms with Crippen LogP contribution in [0.5, 0.6) is 5.75 Å². The van der Waals surface area contributed by atoms with Gasteiger partial charge in [0.2, 0.25) is 5.91 Å². The van der Waals surface area contributed by atoms with Gasteiger partial charge in [0.25, 0.3) is 0 Å². The predicted octanol–water partition coefficient (Wildman–Crippen LogP) is 6.40. The Balaban J connectivity index is 1.76. The van der Waals surface area contributed by atoms with Gasteiger partial charge in [0.15, 0.2) is 0 Å². The molecule has 2 aromatic heterocycles. The molecule has 3 aromatic carbocycles. The van der Waals surface area contributed by atoms with E-state index in [0.29, 0.717) is 17.9 Å². The van der Waals surface area contributed by atoms with Crippen LogP contribution >= 0.6 is 11.3 Å². The molecule has 0 aliphatic heterocycles. The molecule has 6 nitrogen and oxygen atoms in total. The van der Waals surface area contributed by atoms with Gasteiger partial charge in [-0.05, 0) is 29.3 Å². The first-order valence-corrected chi connectivity index (χ1v) is 12.7. The van der Waals surface area contributed by atoms with Gasteiger partial charge in [0, 0.05) is 25.2 Å². The summed E-state index contributed by atoms with van der Waals surface area (Å²) in [5.41, 5.74) is 5.24. The number of benzene rings is 3.